The van der Waals surface area contributed by atoms with Crippen molar-refractivity contribution in [3.8, 4) is 5.88 Å². The molecular formula is C15H23N3O2. The van der Waals surface area contributed by atoms with E-state index in [9.17, 15) is 4.79 Å². The third kappa shape index (κ3) is 3.70. The zero-order chi connectivity index (χ0) is 14.4. The van der Waals surface area contributed by atoms with Gasteiger partial charge in [-0.25, -0.2) is 4.98 Å². The van der Waals surface area contributed by atoms with Gasteiger partial charge in [-0.15, -0.1) is 0 Å². The first-order valence-corrected chi connectivity index (χ1v) is 7.16. The predicted molar refractivity (Wildman–Crippen MR) is 78.9 cm³/mol. The second-order valence-electron chi connectivity index (χ2n) is 5.41. The standard InChI is InChI=1S/C15H23N3O2/c1-16-15(8-4-3-5-9-15)10-13(19)18-12-6-7-14(20-2)17-11-12/h6-7,11,16H,3-5,8-10H2,1-2H3,(H,18,19). The van der Waals surface area contributed by atoms with Gasteiger partial charge in [0.2, 0.25) is 11.8 Å². The molecule has 0 aromatic carbocycles. The average molecular weight is 277 g/mol. The van der Waals surface area contributed by atoms with Crippen LogP contribution in [0.15, 0.2) is 18.3 Å². The van der Waals surface area contributed by atoms with E-state index in [4.69, 9.17) is 4.74 Å². The molecule has 5 nitrogen and oxygen atoms in total. The summed E-state index contributed by atoms with van der Waals surface area (Å²) in [4.78, 5) is 16.3. The van der Waals surface area contributed by atoms with Crippen LogP contribution in [-0.4, -0.2) is 30.6 Å². The number of hydrogen-bond donors (Lipinski definition) is 2. The molecule has 1 saturated carbocycles. The summed E-state index contributed by atoms with van der Waals surface area (Å²) in [7, 11) is 3.52. The van der Waals surface area contributed by atoms with Gasteiger partial charge < -0.3 is 15.4 Å². The fraction of sp³-hybridized carbons (Fsp3) is 0.600. The predicted octanol–water partition coefficient (Wildman–Crippen LogP) is 2.34. The smallest absolute Gasteiger partial charge is 0.226 e. The van der Waals surface area contributed by atoms with Gasteiger partial charge in [0, 0.05) is 18.0 Å². The Balaban J connectivity index is 1.93. The van der Waals surface area contributed by atoms with E-state index in [0.29, 0.717) is 18.0 Å². The largest absolute Gasteiger partial charge is 0.481 e. The molecule has 0 bridgehead atoms. The van der Waals surface area contributed by atoms with Crippen LogP contribution in [0.5, 0.6) is 5.88 Å². The van der Waals surface area contributed by atoms with Crippen molar-refractivity contribution in [3.63, 3.8) is 0 Å². The zero-order valence-electron chi connectivity index (χ0n) is 12.2. The molecule has 1 heterocycles. The van der Waals surface area contributed by atoms with E-state index in [-0.39, 0.29) is 11.4 Å². The minimum Gasteiger partial charge on any atom is -0.481 e. The van der Waals surface area contributed by atoms with Gasteiger partial charge >= 0.3 is 0 Å². The number of rotatable bonds is 5. The van der Waals surface area contributed by atoms with Gasteiger partial charge in [-0.05, 0) is 26.0 Å². The zero-order valence-corrected chi connectivity index (χ0v) is 12.2. The lowest BCUT2D eigenvalue weighted by atomic mass is 9.79. The Morgan fingerprint density at radius 2 is 2.10 bits per heavy atom. The highest BCUT2D eigenvalue weighted by molar-refractivity contribution is 5.91. The summed E-state index contributed by atoms with van der Waals surface area (Å²) in [6.07, 6.45) is 7.92. The third-order valence-electron chi connectivity index (χ3n) is 4.07. The number of anilines is 1. The lowest BCUT2D eigenvalue weighted by Gasteiger charge is -2.36. The van der Waals surface area contributed by atoms with Crippen molar-refractivity contribution in [2.24, 2.45) is 0 Å². The first-order chi connectivity index (χ1) is 9.67. The molecule has 1 fully saturated rings. The number of pyridine rings is 1. The number of nitrogens with one attached hydrogen (secondary N) is 2. The molecule has 0 radical (unpaired) electrons. The van der Waals surface area contributed by atoms with Crippen molar-refractivity contribution >= 4 is 11.6 Å². The number of carbonyl (C=O) groups excluding carboxylic acids is 1. The van der Waals surface area contributed by atoms with E-state index in [0.717, 1.165) is 12.8 Å². The van der Waals surface area contributed by atoms with Gasteiger partial charge in [0.25, 0.3) is 0 Å². The van der Waals surface area contributed by atoms with Crippen molar-refractivity contribution in [2.75, 3.05) is 19.5 Å². The van der Waals surface area contributed by atoms with Crippen molar-refractivity contribution in [1.29, 1.82) is 0 Å². The van der Waals surface area contributed by atoms with Crippen molar-refractivity contribution in [1.82, 2.24) is 10.3 Å². The number of ether oxygens (including phenoxy) is 1. The van der Waals surface area contributed by atoms with Crippen LogP contribution in [0, 0.1) is 0 Å². The van der Waals surface area contributed by atoms with Gasteiger partial charge in [0.1, 0.15) is 0 Å². The SMILES string of the molecule is CNC1(CC(=O)Nc2ccc(OC)nc2)CCCCC1. The van der Waals surface area contributed by atoms with Crippen LogP contribution in [0.4, 0.5) is 5.69 Å². The molecule has 1 aliphatic carbocycles. The molecule has 1 aliphatic rings. The topological polar surface area (TPSA) is 63.2 Å². The minimum absolute atomic E-state index is 0.0354. The number of hydrogen-bond acceptors (Lipinski definition) is 4. The lowest BCUT2D eigenvalue weighted by molar-refractivity contribution is -0.117. The Labute approximate surface area is 120 Å². The molecule has 1 aromatic rings. The van der Waals surface area contributed by atoms with E-state index >= 15 is 0 Å². The molecule has 0 spiro atoms. The summed E-state index contributed by atoms with van der Waals surface area (Å²) < 4.78 is 5.00. The van der Waals surface area contributed by atoms with E-state index < -0.39 is 0 Å². The van der Waals surface area contributed by atoms with Gasteiger partial charge in [0.05, 0.1) is 19.0 Å². The maximum Gasteiger partial charge on any atom is 0.226 e. The Bertz CT molecular complexity index is 439. The van der Waals surface area contributed by atoms with Crippen molar-refractivity contribution < 1.29 is 9.53 Å². The third-order valence-corrected chi connectivity index (χ3v) is 4.07. The first-order valence-electron chi connectivity index (χ1n) is 7.16. The highest BCUT2D eigenvalue weighted by Gasteiger charge is 2.32. The fourth-order valence-electron chi connectivity index (χ4n) is 2.83. The van der Waals surface area contributed by atoms with E-state index in [1.165, 1.54) is 19.3 Å². The number of carbonyl (C=O) groups is 1. The molecule has 2 rings (SSSR count). The van der Waals surface area contributed by atoms with Crippen LogP contribution in [0.25, 0.3) is 0 Å². The second-order valence-corrected chi connectivity index (χ2v) is 5.41. The summed E-state index contributed by atoms with van der Waals surface area (Å²) in [6.45, 7) is 0. The van der Waals surface area contributed by atoms with Gasteiger partial charge in [-0.3, -0.25) is 4.79 Å². The van der Waals surface area contributed by atoms with Crippen LogP contribution in [0.1, 0.15) is 38.5 Å². The highest BCUT2D eigenvalue weighted by atomic mass is 16.5. The Morgan fingerprint density at radius 1 is 1.35 bits per heavy atom. The number of amides is 1. The molecule has 0 unspecified atom stereocenters. The maximum atomic E-state index is 12.2. The van der Waals surface area contributed by atoms with Crippen LogP contribution in [0.3, 0.4) is 0 Å². The Kier molecular flexibility index (Phi) is 4.95. The van der Waals surface area contributed by atoms with Gasteiger partial charge in [-0.1, -0.05) is 19.3 Å². The molecule has 0 saturated heterocycles. The second kappa shape index (κ2) is 6.70. The quantitative estimate of drug-likeness (QED) is 0.867. The summed E-state index contributed by atoms with van der Waals surface area (Å²) in [5.41, 5.74) is 0.667. The average Bonchev–Trinajstić information content (AvgIpc) is 2.49. The summed E-state index contributed by atoms with van der Waals surface area (Å²) in [5, 5.41) is 6.26. The van der Waals surface area contributed by atoms with E-state index in [1.54, 1.807) is 25.4 Å². The van der Waals surface area contributed by atoms with Crippen LogP contribution < -0.4 is 15.4 Å². The van der Waals surface area contributed by atoms with Gasteiger partial charge in [0.15, 0.2) is 0 Å². The summed E-state index contributed by atoms with van der Waals surface area (Å²) in [5.74, 6) is 0.579. The molecule has 20 heavy (non-hydrogen) atoms. The van der Waals surface area contributed by atoms with E-state index in [2.05, 4.69) is 15.6 Å². The number of aromatic nitrogens is 1. The molecule has 5 heteroatoms. The highest BCUT2D eigenvalue weighted by Crippen LogP contribution is 2.31. The molecule has 2 N–H and O–H groups in total. The number of methoxy groups -OCH3 is 1. The van der Waals surface area contributed by atoms with Crippen LogP contribution in [-0.2, 0) is 4.79 Å². The monoisotopic (exact) mass is 277 g/mol. The van der Waals surface area contributed by atoms with Crippen molar-refractivity contribution in [2.45, 2.75) is 44.1 Å². The molecule has 110 valence electrons. The minimum atomic E-state index is -0.0395. The normalized spacial score (nSPS) is 17.5. The van der Waals surface area contributed by atoms with Crippen LogP contribution >= 0.6 is 0 Å². The maximum absolute atomic E-state index is 12.2. The Hall–Kier alpha value is -1.62. The van der Waals surface area contributed by atoms with Crippen molar-refractivity contribution in [3.05, 3.63) is 18.3 Å². The number of nitrogens with zero attached hydrogens (tertiary/aromatic N) is 1. The molecular weight excluding hydrogens is 254 g/mol. The Morgan fingerprint density at radius 3 is 2.65 bits per heavy atom. The molecule has 1 aromatic heterocycles. The van der Waals surface area contributed by atoms with Crippen LogP contribution in [0.2, 0.25) is 0 Å². The summed E-state index contributed by atoms with van der Waals surface area (Å²) in [6, 6.07) is 3.54. The molecule has 1 amide bonds. The first kappa shape index (κ1) is 14.8. The molecule has 0 atom stereocenters. The van der Waals surface area contributed by atoms with Gasteiger partial charge in [-0.2, -0.15) is 0 Å². The fourth-order valence-corrected chi connectivity index (χ4v) is 2.83. The molecule has 0 aliphatic heterocycles. The summed E-state index contributed by atoms with van der Waals surface area (Å²) >= 11 is 0. The lowest BCUT2D eigenvalue weighted by Crippen LogP contribution is -2.47. The van der Waals surface area contributed by atoms with E-state index in [1.807, 2.05) is 7.05 Å².